The fraction of sp³-hybridized carbons (Fsp3) is 0.438. The molecule has 2 aliphatic heterocycles. The van der Waals surface area contributed by atoms with E-state index < -0.39 is 35.2 Å². The number of thioether (sulfide) groups is 1. The van der Waals surface area contributed by atoms with Crippen LogP contribution in [0.4, 0.5) is 0 Å². The van der Waals surface area contributed by atoms with Gasteiger partial charge in [-0.15, -0.1) is 11.8 Å². The fourth-order valence-electron chi connectivity index (χ4n) is 3.01. The molecule has 0 aromatic carbocycles. The van der Waals surface area contributed by atoms with Gasteiger partial charge >= 0.3 is 5.97 Å². The molecule has 1 aliphatic carbocycles. The van der Waals surface area contributed by atoms with Crippen molar-refractivity contribution in [2.75, 3.05) is 0 Å². The number of hydrogen-bond acceptors (Lipinski definition) is 5. The highest BCUT2D eigenvalue weighted by Gasteiger charge is 2.54. The number of nitrogens with one attached hydrogen (secondary N) is 1. The molecule has 24 heavy (non-hydrogen) atoms. The Morgan fingerprint density at radius 1 is 1.46 bits per heavy atom. The number of hydrogen-bond donors (Lipinski definition) is 3. The first-order chi connectivity index (χ1) is 11.4. The van der Waals surface area contributed by atoms with E-state index in [0.717, 1.165) is 12.0 Å². The molecule has 0 aromatic rings. The fourth-order valence-corrected chi connectivity index (χ4v) is 4.34. The average molecular weight is 349 g/mol. The number of aliphatic carboxylic acids is 1. The van der Waals surface area contributed by atoms with Crippen molar-refractivity contribution in [1.82, 2.24) is 10.2 Å². The van der Waals surface area contributed by atoms with Crippen LogP contribution in [-0.2, 0) is 14.4 Å². The first kappa shape index (κ1) is 16.8. The number of carbonyl (C=O) groups excluding carboxylic acids is 2. The lowest BCUT2D eigenvalue weighted by Gasteiger charge is -2.49. The van der Waals surface area contributed by atoms with Crippen molar-refractivity contribution < 1.29 is 19.5 Å². The summed E-state index contributed by atoms with van der Waals surface area (Å²) >= 11 is 1.44. The van der Waals surface area contributed by atoms with Crippen LogP contribution in [0.15, 0.2) is 35.6 Å². The number of carboxylic acid groups (broad SMARTS) is 1. The Kier molecular flexibility index (Phi) is 4.51. The lowest BCUT2D eigenvalue weighted by Crippen LogP contribution is -2.71. The first-order valence-electron chi connectivity index (χ1n) is 7.73. The van der Waals surface area contributed by atoms with Gasteiger partial charge in [-0.25, -0.2) is 4.79 Å². The molecule has 0 radical (unpaired) electrons. The van der Waals surface area contributed by atoms with Gasteiger partial charge in [0.15, 0.2) is 0 Å². The van der Waals surface area contributed by atoms with Gasteiger partial charge in [0.1, 0.15) is 23.2 Å². The van der Waals surface area contributed by atoms with Gasteiger partial charge in [0.2, 0.25) is 5.91 Å². The van der Waals surface area contributed by atoms with Crippen LogP contribution in [0, 0.1) is 0 Å². The second-order valence-electron chi connectivity index (χ2n) is 5.95. The van der Waals surface area contributed by atoms with Gasteiger partial charge in [-0.2, -0.15) is 0 Å². The minimum Gasteiger partial charge on any atom is -0.477 e. The van der Waals surface area contributed by atoms with Crippen LogP contribution in [0.3, 0.4) is 0 Å². The highest BCUT2D eigenvalue weighted by molar-refractivity contribution is 8.00. The molecule has 4 N–H and O–H groups in total. The number of rotatable bonds is 4. The molecule has 1 fully saturated rings. The summed E-state index contributed by atoms with van der Waals surface area (Å²) in [7, 11) is 0. The molecule has 0 bridgehead atoms. The highest BCUT2D eigenvalue weighted by Crippen LogP contribution is 2.40. The van der Waals surface area contributed by atoms with Gasteiger partial charge in [-0.3, -0.25) is 14.5 Å². The van der Waals surface area contributed by atoms with Gasteiger partial charge in [-0.1, -0.05) is 18.2 Å². The van der Waals surface area contributed by atoms with Crippen LogP contribution in [0.5, 0.6) is 0 Å². The topological polar surface area (TPSA) is 113 Å². The molecule has 3 rings (SSSR count). The summed E-state index contributed by atoms with van der Waals surface area (Å²) in [5, 5.41) is 11.5. The molecule has 2 amide bonds. The summed E-state index contributed by atoms with van der Waals surface area (Å²) < 4.78 is 0. The smallest absolute Gasteiger partial charge is 0.352 e. The largest absolute Gasteiger partial charge is 0.477 e. The number of nitrogens with two attached hydrogens (primary N) is 1. The summed E-state index contributed by atoms with van der Waals surface area (Å²) in [5.41, 5.74) is 6.79. The predicted octanol–water partition coefficient (Wildman–Crippen LogP) is 0.347. The van der Waals surface area contributed by atoms with Crippen LogP contribution < -0.4 is 11.1 Å². The van der Waals surface area contributed by atoms with Crippen LogP contribution in [0.1, 0.15) is 19.8 Å². The standard InChI is InChI=1S/C16H19N3O4S/c1-8-7-10(16(22)23)19-14(21)12(15(19)24-8)18-13(20)11(17)9-5-3-2-4-6-9/h2-3,6-8,11-12,15H,4-5,17H2,1H3,(H,18,20)(H,22,23)/t8?,11?,12?,15-/m1/s1. The van der Waals surface area contributed by atoms with Gasteiger partial charge in [-0.05, 0) is 31.4 Å². The predicted molar refractivity (Wildman–Crippen MR) is 89.8 cm³/mol. The molecular weight excluding hydrogens is 330 g/mol. The third-order valence-electron chi connectivity index (χ3n) is 4.28. The van der Waals surface area contributed by atoms with Crippen molar-refractivity contribution in [2.45, 2.75) is 42.5 Å². The number of carboxylic acids is 1. The van der Waals surface area contributed by atoms with E-state index >= 15 is 0 Å². The Bertz CT molecular complexity index is 685. The average Bonchev–Trinajstić information content (AvgIpc) is 2.58. The molecule has 1 saturated heterocycles. The number of nitrogens with zero attached hydrogens (tertiary/aromatic N) is 1. The van der Waals surface area contributed by atoms with E-state index in [-0.39, 0.29) is 10.9 Å². The summed E-state index contributed by atoms with van der Waals surface area (Å²) in [6.45, 7) is 1.86. The normalized spacial score (nSPS) is 29.8. The van der Waals surface area contributed by atoms with Crippen molar-refractivity contribution in [3.8, 4) is 0 Å². The minimum atomic E-state index is -1.14. The van der Waals surface area contributed by atoms with E-state index in [4.69, 9.17) is 5.73 Å². The second-order valence-corrected chi connectivity index (χ2v) is 7.45. The Morgan fingerprint density at radius 2 is 2.21 bits per heavy atom. The maximum atomic E-state index is 12.4. The molecule has 8 heteroatoms. The quantitative estimate of drug-likeness (QED) is 0.498. The van der Waals surface area contributed by atoms with Crippen LogP contribution in [-0.4, -0.2) is 50.5 Å². The maximum Gasteiger partial charge on any atom is 0.352 e. The Hall–Kier alpha value is -2.06. The Morgan fingerprint density at radius 3 is 2.83 bits per heavy atom. The van der Waals surface area contributed by atoms with E-state index in [2.05, 4.69) is 5.32 Å². The van der Waals surface area contributed by atoms with E-state index in [1.54, 1.807) is 6.08 Å². The van der Waals surface area contributed by atoms with Crippen molar-refractivity contribution in [1.29, 1.82) is 0 Å². The van der Waals surface area contributed by atoms with E-state index in [0.29, 0.717) is 6.42 Å². The van der Waals surface area contributed by atoms with Crippen molar-refractivity contribution >= 4 is 29.5 Å². The third-order valence-corrected chi connectivity index (χ3v) is 5.61. The number of β-lactam (4-membered cyclic amide) rings is 1. The maximum absolute atomic E-state index is 12.4. The number of allylic oxidation sites excluding steroid dienone is 3. The lowest BCUT2D eigenvalue weighted by molar-refractivity contribution is -0.150. The van der Waals surface area contributed by atoms with Crippen LogP contribution in [0.2, 0.25) is 0 Å². The molecule has 0 saturated carbocycles. The first-order valence-corrected chi connectivity index (χ1v) is 8.68. The lowest BCUT2D eigenvalue weighted by atomic mass is 9.97. The van der Waals surface area contributed by atoms with Gasteiger partial charge < -0.3 is 16.2 Å². The van der Waals surface area contributed by atoms with Gasteiger partial charge in [0, 0.05) is 5.25 Å². The van der Waals surface area contributed by atoms with E-state index in [1.165, 1.54) is 16.7 Å². The number of carbonyl (C=O) groups is 3. The number of amides is 2. The van der Waals surface area contributed by atoms with Crippen LogP contribution in [0.25, 0.3) is 0 Å². The zero-order valence-corrected chi connectivity index (χ0v) is 14.0. The van der Waals surface area contributed by atoms with E-state index in [9.17, 15) is 19.5 Å². The Balaban J connectivity index is 1.68. The molecule has 128 valence electrons. The molecule has 7 nitrogen and oxygen atoms in total. The summed E-state index contributed by atoms with van der Waals surface area (Å²) in [6, 6.07) is -1.53. The summed E-state index contributed by atoms with van der Waals surface area (Å²) in [5.74, 6) is -1.96. The molecule has 3 unspecified atom stereocenters. The van der Waals surface area contributed by atoms with Crippen molar-refractivity contribution in [3.63, 3.8) is 0 Å². The molecule has 2 heterocycles. The second kappa shape index (κ2) is 6.45. The molecule has 0 spiro atoms. The van der Waals surface area contributed by atoms with E-state index in [1.807, 2.05) is 25.2 Å². The minimum absolute atomic E-state index is 0.0221. The highest BCUT2D eigenvalue weighted by atomic mass is 32.2. The van der Waals surface area contributed by atoms with Crippen LogP contribution >= 0.6 is 11.8 Å². The zero-order valence-electron chi connectivity index (χ0n) is 13.1. The zero-order chi connectivity index (χ0) is 17.4. The van der Waals surface area contributed by atoms with Gasteiger partial charge in [0.25, 0.3) is 5.91 Å². The summed E-state index contributed by atoms with van der Waals surface area (Å²) in [6.07, 6.45) is 8.80. The Labute approximate surface area is 143 Å². The molecule has 3 aliphatic rings. The monoisotopic (exact) mass is 349 g/mol. The summed E-state index contributed by atoms with van der Waals surface area (Å²) in [4.78, 5) is 37.1. The SMILES string of the molecule is CC1C=C(C(=O)O)N2C(=O)C(NC(=O)C(N)C3=CCC=CC3)[C@H]2S1. The van der Waals surface area contributed by atoms with Crippen molar-refractivity contribution in [2.24, 2.45) is 5.73 Å². The van der Waals surface area contributed by atoms with Gasteiger partial charge in [0.05, 0.1) is 0 Å². The van der Waals surface area contributed by atoms with Crippen molar-refractivity contribution in [3.05, 3.63) is 35.6 Å². The molecule has 0 aromatic heterocycles. The molecular formula is C16H19N3O4S. The molecule has 4 atom stereocenters. The third kappa shape index (κ3) is 2.87. The number of fused-ring (bicyclic) bond motifs is 1.